The molecule has 1 fully saturated rings. The van der Waals surface area contributed by atoms with E-state index in [0.29, 0.717) is 0 Å². The number of anilines is 1. The maximum absolute atomic E-state index is 13.0. The molecule has 1 amide bonds. The lowest BCUT2D eigenvalue weighted by Gasteiger charge is -2.24. The Morgan fingerprint density at radius 3 is 2.36 bits per heavy atom. The molecule has 0 unspecified atom stereocenters. The quantitative estimate of drug-likeness (QED) is 0.771. The normalized spacial score (nSPS) is 23.4. The predicted octanol–water partition coefficient (Wildman–Crippen LogP) is 4.88. The van der Waals surface area contributed by atoms with E-state index in [4.69, 9.17) is 0 Å². The molecule has 2 nitrogen and oxygen atoms in total. The zero-order valence-electron chi connectivity index (χ0n) is 13.7. The third-order valence-corrected chi connectivity index (χ3v) is 5.20. The fraction of sp³-hybridized carbons (Fsp3) is 0.0870. The van der Waals surface area contributed by atoms with Gasteiger partial charge in [0.05, 0.1) is 5.92 Å². The van der Waals surface area contributed by atoms with Crippen LogP contribution in [0.25, 0.3) is 11.1 Å². The molecule has 5 rings (SSSR count). The lowest BCUT2D eigenvalue weighted by atomic mass is 9.80. The summed E-state index contributed by atoms with van der Waals surface area (Å²) in [4.78, 5) is 14.9. The van der Waals surface area contributed by atoms with Crippen LogP contribution in [0, 0.1) is 11.8 Å². The van der Waals surface area contributed by atoms with E-state index in [0.717, 1.165) is 16.9 Å². The van der Waals surface area contributed by atoms with Crippen LogP contribution in [-0.4, -0.2) is 5.91 Å². The summed E-state index contributed by atoms with van der Waals surface area (Å²) in [6.07, 6.45) is 12.4. The van der Waals surface area contributed by atoms with Crippen molar-refractivity contribution < 1.29 is 4.79 Å². The van der Waals surface area contributed by atoms with Crippen LogP contribution in [0.2, 0.25) is 0 Å². The number of rotatable bonds is 2. The lowest BCUT2D eigenvalue weighted by Crippen LogP contribution is -2.25. The Morgan fingerprint density at radius 2 is 1.56 bits per heavy atom. The Labute approximate surface area is 147 Å². The third-order valence-electron chi connectivity index (χ3n) is 5.20. The van der Waals surface area contributed by atoms with E-state index in [1.54, 1.807) is 0 Å². The summed E-state index contributed by atoms with van der Waals surface area (Å²) in [5, 5.41) is 0. The Morgan fingerprint density at radius 1 is 0.800 bits per heavy atom. The Kier molecular flexibility index (Phi) is 3.10. The molecule has 0 radical (unpaired) electrons. The van der Waals surface area contributed by atoms with Crippen molar-refractivity contribution in [3.63, 3.8) is 0 Å². The number of nitrogens with zero attached hydrogens (tertiary/aromatic N) is 1. The van der Waals surface area contributed by atoms with Gasteiger partial charge in [0.15, 0.2) is 0 Å². The van der Waals surface area contributed by atoms with Crippen molar-refractivity contribution in [2.75, 3.05) is 4.90 Å². The first-order chi connectivity index (χ1) is 12.3. The van der Waals surface area contributed by atoms with Gasteiger partial charge in [0.1, 0.15) is 0 Å². The van der Waals surface area contributed by atoms with E-state index in [2.05, 4.69) is 42.5 Å². The molecule has 3 aliphatic rings. The molecule has 120 valence electrons. The van der Waals surface area contributed by atoms with Crippen molar-refractivity contribution in [1.29, 1.82) is 0 Å². The van der Waals surface area contributed by atoms with Crippen LogP contribution in [0.1, 0.15) is 0 Å². The maximum Gasteiger partial charge on any atom is 0.239 e. The largest absolute Gasteiger partial charge is 0.284 e. The fourth-order valence-corrected chi connectivity index (χ4v) is 4.01. The van der Waals surface area contributed by atoms with Gasteiger partial charge in [0, 0.05) is 17.3 Å². The summed E-state index contributed by atoms with van der Waals surface area (Å²) in [6.45, 7) is 0. The minimum atomic E-state index is -0.0787. The summed E-state index contributed by atoms with van der Waals surface area (Å²) < 4.78 is 0. The van der Waals surface area contributed by atoms with E-state index in [9.17, 15) is 4.79 Å². The van der Waals surface area contributed by atoms with E-state index in [1.165, 1.54) is 11.1 Å². The number of benzene rings is 2. The van der Waals surface area contributed by atoms with Crippen molar-refractivity contribution in [2.24, 2.45) is 11.8 Å². The second kappa shape index (κ2) is 5.45. The van der Waals surface area contributed by atoms with Gasteiger partial charge in [-0.3, -0.25) is 9.69 Å². The van der Waals surface area contributed by atoms with Gasteiger partial charge in [-0.05, 0) is 34.9 Å². The Hall–Kier alpha value is -3.13. The average molecular weight is 323 g/mol. The molecule has 0 spiro atoms. The van der Waals surface area contributed by atoms with E-state index in [-0.39, 0.29) is 17.7 Å². The molecule has 2 heteroatoms. The molecule has 25 heavy (non-hydrogen) atoms. The van der Waals surface area contributed by atoms with Crippen molar-refractivity contribution in [3.8, 4) is 11.1 Å². The summed E-state index contributed by atoms with van der Waals surface area (Å²) >= 11 is 0. The highest BCUT2D eigenvalue weighted by atomic mass is 16.2. The predicted molar refractivity (Wildman–Crippen MR) is 101 cm³/mol. The summed E-state index contributed by atoms with van der Waals surface area (Å²) in [6, 6.07) is 18.6. The van der Waals surface area contributed by atoms with Gasteiger partial charge in [-0.25, -0.2) is 0 Å². The SMILES string of the molecule is O=C1[C@@H]2C=CC=C3C=CC=C([C@@H]32)N1c1ccc(-c2ccccc2)cc1. The lowest BCUT2D eigenvalue weighted by molar-refractivity contribution is -0.119. The van der Waals surface area contributed by atoms with Crippen LogP contribution in [-0.2, 0) is 4.79 Å². The fourth-order valence-electron chi connectivity index (χ4n) is 4.01. The molecule has 0 saturated carbocycles. The highest BCUT2D eigenvalue weighted by Gasteiger charge is 2.46. The van der Waals surface area contributed by atoms with Gasteiger partial charge in [-0.2, -0.15) is 0 Å². The summed E-state index contributed by atoms with van der Waals surface area (Å²) in [5.41, 5.74) is 5.59. The van der Waals surface area contributed by atoms with Crippen LogP contribution in [0.3, 0.4) is 0 Å². The average Bonchev–Trinajstić information content (AvgIpc) is 2.97. The number of hydrogen-bond acceptors (Lipinski definition) is 1. The number of hydrogen-bond donors (Lipinski definition) is 0. The zero-order chi connectivity index (χ0) is 16.8. The standard InChI is InChI=1S/C23H17NO/c25-23-20-10-4-8-18-9-5-11-21(22(18)20)24(23)19-14-12-17(13-15-19)16-6-2-1-3-7-16/h1-15,20,22H/t20-,22+/m1/s1. The first kappa shape index (κ1) is 14.2. The van der Waals surface area contributed by atoms with E-state index < -0.39 is 0 Å². The molecule has 2 aromatic carbocycles. The number of amides is 1. The van der Waals surface area contributed by atoms with Crippen LogP contribution in [0.4, 0.5) is 5.69 Å². The number of carbonyl (C=O) groups is 1. The molecular formula is C23H17NO. The monoisotopic (exact) mass is 323 g/mol. The highest BCUT2D eigenvalue weighted by molar-refractivity contribution is 6.04. The molecule has 0 bridgehead atoms. The van der Waals surface area contributed by atoms with Crippen LogP contribution in [0.5, 0.6) is 0 Å². The van der Waals surface area contributed by atoms with Crippen molar-refractivity contribution in [1.82, 2.24) is 0 Å². The molecule has 1 heterocycles. The summed E-state index contributed by atoms with van der Waals surface area (Å²) in [7, 11) is 0. The Balaban J connectivity index is 1.54. The summed E-state index contributed by atoms with van der Waals surface area (Å²) in [5.74, 6) is 0.246. The number of allylic oxidation sites excluding steroid dienone is 6. The second-order valence-corrected chi connectivity index (χ2v) is 6.59. The minimum Gasteiger partial charge on any atom is -0.284 e. The van der Waals surface area contributed by atoms with Crippen molar-refractivity contribution in [2.45, 2.75) is 0 Å². The van der Waals surface area contributed by atoms with Gasteiger partial charge in [0.25, 0.3) is 0 Å². The molecule has 1 saturated heterocycles. The molecule has 0 N–H and O–H groups in total. The molecule has 2 atom stereocenters. The first-order valence-corrected chi connectivity index (χ1v) is 8.59. The Bertz CT molecular complexity index is 961. The van der Waals surface area contributed by atoms with Gasteiger partial charge < -0.3 is 0 Å². The highest BCUT2D eigenvalue weighted by Crippen LogP contribution is 2.46. The molecule has 2 aromatic rings. The topological polar surface area (TPSA) is 20.3 Å². The van der Waals surface area contributed by atoms with Gasteiger partial charge >= 0.3 is 0 Å². The van der Waals surface area contributed by atoms with Crippen molar-refractivity contribution in [3.05, 3.63) is 102 Å². The minimum absolute atomic E-state index is 0.0787. The first-order valence-electron chi connectivity index (χ1n) is 8.59. The van der Waals surface area contributed by atoms with E-state index in [1.807, 2.05) is 53.5 Å². The zero-order valence-corrected chi connectivity index (χ0v) is 13.7. The van der Waals surface area contributed by atoms with E-state index >= 15 is 0 Å². The maximum atomic E-state index is 13.0. The second-order valence-electron chi connectivity index (χ2n) is 6.59. The molecular weight excluding hydrogens is 306 g/mol. The molecule has 0 aromatic heterocycles. The smallest absolute Gasteiger partial charge is 0.239 e. The molecule has 1 aliphatic heterocycles. The van der Waals surface area contributed by atoms with Crippen LogP contribution in [0.15, 0.2) is 102 Å². The molecule has 2 aliphatic carbocycles. The van der Waals surface area contributed by atoms with Gasteiger partial charge in [-0.1, -0.05) is 72.8 Å². The third kappa shape index (κ3) is 2.14. The van der Waals surface area contributed by atoms with Crippen LogP contribution < -0.4 is 4.90 Å². The van der Waals surface area contributed by atoms with Crippen molar-refractivity contribution >= 4 is 11.6 Å². The number of carbonyl (C=O) groups excluding carboxylic acids is 1. The van der Waals surface area contributed by atoms with Crippen LogP contribution >= 0.6 is 0 Å². The van der Waals surface area contributed by atoms with Gasteiger partial charge in [0.2, 0.25) is 5.91 Å². The van der Waals surface area contributed by atoms with Gasteiger partial charge in [-0.15, -0.1) is 0 Å².